The van der Waals surface area contributed by atoms with Crippen LogP contribution < -0.4 is 10.6 Å². The molecule has 0 radical (unpaired) electrons. The molecule has 21 heavy (non-hydrogen) atoms. The Balaban J connectivity index is 2.54. The van der Waals surface area contributed by atoms with Gasteiger partial charge in [-0.3, -0.25) is 0 Å². The monoisotopic (exact) mass is 332 g/mol. The smallest absolute Gasteiger partial charge is 0.147 e. The number of rotatable bonds is 10. The minimum absolute atomic E-state index is 0.558. The summed E-state index contributed by atoms with van der Waals surface area (Å²) >= 11 is 12.3. The van der Waals surface area contributed by atoms with Crippen LogP contribution >= 0.6 is 23.2 Å². The molecule has 4 nitrogen and oxygen atoms in total. The van der Waals surface area contributed by atoms with Gasteiger partial charge >= 0.3 is 0 Å². The fourth-order valence-electron chi connectivity index (χ4n) is 2.01. The van der Waals surface area contributed by atoms with E-state index in [0.717, 1.165) is 45.6 Å². The summed E-state index contributed by atoms with van der Waals surface area (Å²) in [6.45, 7) is 11.4. The van der Waals surface area contributed by atoms with Crippen molar-refractivity contribution in [1.82, 2.24) is 9.88 Å². The predicted octanol–water partition coefficient (Wildman–Crippen LogP) is 4.35. The van der Waals surface area contributed by atoms with Crippen LogP contribution in [0.2, 0.25) is 10.0 Å². The Bertz CT molecular complexity index is 422. The maximum Gasteiger partial charge on any atom is 0.147 e. The van der Waals surface area contributed by atoms with Crippen molar-refractivity contribution in [3.63, 3.8) is 0 Å². The molecule has 0 saturated heterocycles. The summed E-state index contributed by atoms with van der Waals surface area (Å²) in [7, 11) is 0. The molecule has 0 aliphatic carbocycles. The lowest BCUT2D eigenvalue weighted by Crippen LogP contribution is -2.25. The van der Waals surface area contributed by atoms with Gasteiger partial charge in [0.05, 0.1) is 10.0 Å². The molecule has 0 fully saturated rings. The fourth-order valence-corrected chi connectivity index (χ4v) is 2.50. The van der Waals surface area contributed by atoms with Crippen LogP contribution in [0.1, 0.15) is 33.6 Å². The molecule has 1 aromatic rings. The first-order valence-electron chi connectivity index (χ1n) is 7.68. The van der Waals surface area contributed by atoms with E-state index in [1.54, 1.807) is 6.07 Å². The Morgan fingerprint density at radius 2 is 1.57 bits per heavy atom. The molecule has 0 unspecified atom stereocenters. The van der Waals surface area contributed by atoms with E-state index in [9.17, 15) is 0 Å². The Labute approximate surface area is 138 Å². The summed E-state index contributed by atoms with van der Waals surface area (Å²) in [4.78, 5) is 6.86. The maximum absolute atomic E-state index is 6.18. The second-order valence-corrected chi connectivity index (χ2v) is 5.70. The number of nitrogens with zero attached hydrogens (tertiary/aromatic N) is 2. The van der Waals surface area contributed by atoms with Crippen LogP contribution in [0.15, 0.2) is 6.07 Å². The Kier molecular flexibility index (Phi) is 8.81. The third kappa shape index (κ3) is 6.29. The molecular formula is C15H26Cl2N4. The molecule has 1 heterocycles. The zero-order valence-corrected chi connectivity index (χ0v) is 14.7. The molecule has 0 aliphatic rings. The van der Waals surface area contributed by atoms with Crippen molar-refractivity contribution >= 4 is 34.8 Å². The average Bonchev–Trinajstić information content (AvgIpc) is 2.48. The average molecular weight is 333 g/mol. The molecule has 1 rings (SSSR count). The standard InChI is InChI=1S/C15H26Cl2N4/c1-4-8-18-14-12(16)11-13(17)15(20-14)19-9-7-10-21(5-2)6-3/h11H,4-10H2,1-3H3,(H2,18,19,20). The van der Waals surface area contributed by atoms with Gasteiger partial charge in [-0.1, -0.05) is 44.0 Å². The van der Waals surface area contributed by atoms with Gasteiger partial charge in [0.2, 0.25) is 0 Å². The summed E-state index contributed by atoms with van der Waals surface area (Å²) in [6, 6.07) is 1.74. The lowest BCUT2D eigenvalue weighted by Gasteiger charge is -2.18. The van der Waals surface area contributed by atoms with Crippen molar-refractivity contribution in [3.05, 3.63) is 16.1 Å². The normalized spacial score (nSPS) is 11.0. The number of anilines is 2. The predicted molar refractivity (Wildman–Crippen MR) is 93.9 cm³/mol. The van der Waals surface area contributed by atoms with Crippen LogP contribution in [0.5, 0.6) is 0 Å². The largest absolute Gasteiger partial charge is 0.369 e. The number of halogens is 2. The van der Waals surface area contributed by atoms with Gasteiger partial charge in [0, 0.05) is 13.1 Å². The highest BCUT2D eigenvalue weighted by Crippen LogP contribution is 2.29. The molecule has 0 aromatic carbocycles. The number of hydrogen-bond acceptors (Lipinski definition) is 4. The second-order valence-electron chi connectivity index (χ2n) is 4.88. The maximum atomic E-state index is 6.18. The van der Waals surface area contributed by atoms with Crippen LogP contribution in [-0.2, 0) is 0 Å². The minimum atomic E-state index is 0.558. The molecule has 120 valence electrons. The van der Waals surface area contributed by atoms with Crippen molar-refractivity contribution in [2.24, 2.45) is 0 Å². The lowest BCUT2D eigenvalue weighted by molar-refractivity contribution is 0.303. The summed E-state index contributed by atoms with van der Waals surface area (Å²) in [6.07, 6.45) is 2.08. The van der Waals surface area contributed by atoms with Crippen LogP contribution in [-0.4, -0.2) is 42.6 Å². The molecule has 0 atom stereocenters. The van der Waals surface area contributed by atoms with Gasteiger partial charge in [-0.25, -0.2) is 4.98 Å². The lowest BCUT2D eigenvalue weighted by atomic mass is 10.3. The van der Waals surface area contributed by atoms with Crippen LogP contribution in [0.4, 0.5) is 11.6 Å². The van der Waals surface area contributed by atoms with E-state index in [2.05, 4.69) is 41.3 Å². The van der Waals surface area contributed by atoms with Crippen molar-refractivity contribution in [2.45, 2.75) is 33.6 Å². The van der Waals surface area contributed by atoms with E-state index in [-0.39, 0.29) is 0 Å². The Morgan fingerprint density at radius 3 is 2.10 bits per heavy atom. The Morgan fingerprint density at radius 1 is 1.00 bits per heavy atom. The first-order valence-corrected chi connectivity index (χ1v) is 8.44. The van der Waals surface area contributed by atoms with E-state index < -0.39 is 0 Å². The van der Waals surface area contributed by atoms with Gasteiger partial charge in [-0.05, 0) is 38.5 Å². The molecule has 0 spiro atoms. The number of pyridine rings is 1. The highest BCUT2D eigenvalue weighted by molar-refractivity contribution is 6.37. The fraction of sp³-hybridized carbons (Fsp3) is 0.667. The van der Waals surface area contributed by atoms with Crippen LogP contribution in [0.25, 0.3) is 0 Å². The van der Waals surface area contributed by atoms with Gasteiger partial charge in [-0.15, -0.1) is 0 Å². The zero-order valence-electron chi connectivity index (χ0n) is 13.2. The SMILES string of the molecule is CCCNc1nc(NCCCN(CC)CC)c(Cl)cc1Cl. The third-order valence-electron chi connectivity index (χ3n) is 3.31. The summed E-state index contributed by atoms with van der Waals surface area (Å²) in [5.41, 5.74) is 0. The molecule has 1 aromatic heterocycles. The van der Waals surface area contributed by atoms with Crippen molar-refractivity contribution in [1.29, 1.82) is 0 Å². The third-order valence-corrected chi connectivity index (χ3v) is 3.89. The number of nitrogens with one attached hydrogen (secondary N) is 2. The van der Waals surface area contributed by atoms with Gasteiger partial charge in [-0.2, -0.15) is 0 Å². The highest BCUT2D eigenvalue weighted by Gasteiger charge is 2.08. The van der Waals surface area contributed by atoms with E-state index in [0.29, 0.717) is 21.7 Å². The van der Waals surface area contributed by atoms with Gasteiger partial charge < -0.3 is 15.5 Å². The summed E-state index contributed by atoms with van der Waals surface area (Å²) in [5, 5.41) is 7.62. The molecule has 0 bridgehead atoms. The van der Waals surface area contributed by atoms with E-state index in [1.165, 1.54) is 0 Å². The zero-order chi connectivity index (χ0) is 15.7. The highest BCUT2D eigenvalue weighted by atomic mass is 35.5. The topological polar surface area (TPSA) is 40.2 Å². The van der Waals surface area contributed by atoms with Gasteiger partial charge in [0.25, 0.3) is 0 Å². The van der Waals surface area contributed by atoms with Crippen molar-refractivity contribution in [2.75, 3.05) is 43.4 Å². The molecule has 0 saturated carbocycles. The Hall–Kier alpha value is -0.710. The first kappa shape index (κ1) is 18.3. The summed E-state index contributed by atoms with van der Waals surface area (Å²) in [5.74, 6) is 1.38. The van der Waals surface area contributed by atoms with Crippen LogP contribution in [0, 0.1) is 0 Å². The molecule has 2 N–H and O–H groups in total. The molecular weight excluding hydrogens is 307 g/mol. The van der Waals surface area contributed by atoms with Crippen molar-refractivity contribution in [3.8, 4) is 0 Å². The van der Waals surface area contributed by atoms with Crippen molar-refractivity contribution < 1.29 is 0 Å². The van der Waals surface area contributed by atoms with E-state index in [4.69, 9.17) is 23.2 Å². The van der Waals surface area contributed by atoms with Gasteiger partial charge in [0.1, 0.15) is 11.6 Å². The van der Waals surface area contributed by atoms with E-state index in [1.807, 2.05) is 0 Å². The van der Waals surface area contributed by atoms with Gasteiger partial charge in [0.15, 0.2) is 0 Å². The molecule has 0 aliphatic heterocycles. The second kappa shape index (κ2) is 10.1. The van der Waals surface area contributed by atoms with E-state index >= 15 is 0 Å². The summed E-state index contributed by atoms with van der Waals surface area (Å²) < 4.78 is 0. The number of aromatic nitrogens is 1. The molecule has 0 amide bonds. The first-order chi connectivity index (χ1) is 10.1. The number of hydrogen-bond donors (Lipinski definition) is 2. The minimum Gasteiger partial charge on any atom is -0.369 e. The van der Waals surface area contributed by atoms with Crippen LogP contribution in [0.3, 0.4) is 0 Å². The molecule has 6 heteroatoms. The quantitative estimate of drug-likeness (QED) is 0.625.